The summed E-state index contributed by atoms with van der Waals surface area (Å²) in [5, 5.41) is 0. The first-order chi connectivity index (χ1) is 8.65. The van der Waals surface area contributed by atoms with Crippen LogP contribution in [0.5, 0.6) is 0 Å². The van der Waals surface area contributed by atoms with Crippen molar-refractivity contribution >= 4 is 18.2 Å². The molecule has 0 fully saturated rings. The molecule has 102 valence electrons. The third-order valence-corrected chi connectivity index (χ3v) is 2.91. The summed E-state index contributed by atoms with van der Waals surface area (Å²) in [7, 11) is 0. The van der Waals surface area contributed by atoms with Gasteiger partial charge in [0.05, 0.1) is 12.4 Å². The third kappa shape index (κ3) is 4.50. The number of nitrogens with zero attached hydrogens (tertiary/aromatic N) is 1. The number of H-pyrrole nitrogens is 1. The van der Waals surface area contributed by atoms with Gasteiger partial charge in [-0.1, -0.05) is 29.8 Å². The van der Waals surface area contributed by atoms with E-state index in [2.05, 4.69) is 9.97 Å². The molecule has 0 aliphatic heterocycles. The molecule has 0 saturated carbocycles. The highest BCUT2D eigenvalue weighted by atomic mass is 35.5. The van der Waals surface area contributed by atoms with Crippen molar-refractivity contribution in [1.29, 1.82) is 0 Å². The Balaban J connectivity index is 0.00000180. The zero-order valence-electron chi connectivity index (χ0n) is 10.8. The minimum atomic E-state index is -0.480. The molecule has 2 aromatic rings. The second kappa shape index (κ2) is 7.07. The Morgan fingerprint density at radius 2 is 2.05 bits per heavy atom. The van der Waals surface area contributed by atoms with Gasteiger partial charge in [0, 0.05) is 24.7 Å². The molecule has 0 spiro atoms. The van der Waals surface area contributed by atoms with Gasteiger partial charge in [0.1, 0.15) is 0 Å². The number of hydrogen-bond acceptors (Lipinski definition) is 3. The number of rotatable bonds is 5. The fourth-order valence-corrected chi connectivity index (χ4v) is 1.79. The maximum absolute atomic E-state index is 12.0. The van der Waals surface area contributed by atoms with E-state index in [0.29, 0.717) is 12.8 Å². The zero-order chi connectivity index (χ0) is 13.0. The first kappa shape index (κ1) is 15.4. The summed E-state index contributed by atoms with van der Waals surface area (Å²) in [5.74, 6) is 0.0495. The highest BCUT2D eigenvalue weighted by Crippen LogP contribution is 2.06. The number of nitrogens with two attached hydrogens (primary N) is 1. The molecule has 0 aliphatic rings. The van der Waals surface area contributed by atoms with Crippen molar-refractivity contribution in [3.63, 3.8) is 0 Å². The number of imidazole rings is 1. The van der Waals surface area contributed by atoms with Gasteiger partial charge in [-0.25, -0.2) is 4.98 Å². The molecule has 1 aromatic heterocycles. The fourth-order valence-electron chi connectivity index (χ4n) is 1.79. The number of carbonyl (C=O) groups excluding carboxylic acids is 1. The van der Waals surface area contributed by atoms with E-state index in [0.717, 1.165) is 11.3 Å². The molecule has 0 unspecified atom stereocenters. The maximum atomic E-state index is 12.0. The Hall–Kier alpha value is -1.65. The lowest BCUT2D eigenvalue weighted by molar-refractivity contribution is -0.119. The topological polar surface area (TPSA) is 71.8 Å². The highest BCUT2D eigenvalue weighted by Gasteiger charge is 2.15. The van der Waals surface area contributed by atoms with E-state index < -0.39 is 6.04 Å². The van der Waals surface area contributed by atoms with Crippen LogP contribution in [-0.2, 0) is 17.6 Å². The quantitative estimate of drug-likeness (QED) is 0.877. The summed E-state index contributed by atoms with van der Waals surface area (Å²) in [4.78, 5) is 18.8. The monoisotopic (exact) mass is 279 g/mol. The Bertz CT molecular complexity index is 508. The van der Waals surface area contributed by atoms with E-state index in [1.165, 1.54) is 5.56 Å². The Labute approximate surface area is 118 Å². The van der Waals surface area contributed by atoms with E-state index in [-0.39, 0.29) is 18.2 Å². The van der Waals surface area contributed by atoms with Gasteiger partial charge < -0.3 is 10.7 Å². The lowest BCUT2D eigenvalue weighted by atomic mass is 10.0. The molecule has 1 heterocycles. The van der Waals surface area contributed by atoms with Crippen LogP contribution in [0, 0.1) is 6.92 Å². The van der Waals surface area contributed by atoms with E-state index in [1.807, 2.05) is 31.2 Å². The summed E-state index contributed by atoms with van der Waals surface area (Å²) >= 11 is 0. The van der Waals surface area contributed by atoms with Crippen LogP contribution in [0.3, 0.4) is 0 Å². The lowest BCUT2D eigenvalue weighted by Gasteiger charge is -2.09. The molecule has 19 heavy (non-hydrogen) atoms. The van der Waals surface area contributed by atoms with Gasteiger partial charge in [-0.05, 0) is 12.5 Å². The van der Waals surface area contributed by atoms with E-state index >= 15 is 0 Å². The number of aryl methyl sites for hydroxylation is 1. The Morgan fingerprint density at radius 1 is 1.37 bits per heavy atom. The maximum Gasteiger partial charge on any atom is 0.154 e. The average molecular weight is 280 g/mol. The van der Waals surface area contributed by atoms with Crippen LogP contribution in [0.25, 0.3) is 0 Å². The number of Topliss-reactive ketones (excluding diaryl/α,β-unsaturated/α-hetero) is 1. The van der Waals surface area contributed by atoms with Gasteiger partial charge in [-0.15, -0.1) is 12.4 Å². The molecule has 2 rings (SSSR count). The molecule has 0 aliphatic carbocycles. The Kier molecular flexibility index (Phi) is 5.73. The minimum Gasteiger partial charge on any atom is -0.348 e. The number of aromatic amines is 1. The smallest absolute Gasteiger partial charge is 0.154 e. The first-order valence-electron chi connectivity index (χ1n) is 5.96. The van der Waals surface area contributed by atoms with Crippen LogP contribution in [0.15, 0.2) is 36.8 Å². The van der Waals surface area contributed by atoms with Gasteiger partial charge in [0.25, 0.3) is 0 Å². The van der Waals surface area contributed by atoms with Crippen LogP contribution in [0.4, 0.5) is 0 Å². The summed E-state index contributed by atoms with van der Waals surface area (Å²) in [6.07, 6.45) is 4.17. The minimum absolute atomic E-state index is 0. The van der Waals surface area contributed by atoms with E-state index in [9.17, 15) is 4.79 Å². The largest absolute Gasteiger partial charge is 0.348 e. The van der Waals surface area contributed by atoms with E-state index in [4.69, 9.17) is 5.73 Å². The van der Waals surface area contributed by atoms with Crippen molar-refractivity contribution in [3.8, 4) is 0 Å². The predicted octanol–water partition coefficient (Wildman–Crippen LogP) is 1.82. The molecular formula is C14H18ClN3O. The van der Waals surface area contributed by atoms with E-state index in [1.54, 1.807) is 12.5 Å². The van der Waals surface area contributed by atoms with Crippen molar-refractivity contribution in [2.24, 2.45) is 5.73 Å². The number of halogens is 1. The first-order valence-corrected chi connectivity index (χ1v) is 5.96. The number of ketones is 1. The highest BCUT2D eigenvalue weighted by molar-refractivity contribution is 5.86. The van der Waals surface area contributed by atoms with Crippen LogP contribution in [0.1, 0.15) is 16.8 Å². The van der Waals surface area contributed by atoms with Gasteiger partial charge >= 0.3 is 0 Å². The molecule has 3 N–H and O–H groups in total. The number of carbonyl (C=O) groups is 1. The van der Waals surface area contributed by atoms with Crippen LogP contribution < -0.4 is 5.73 Å². The molecule has 5 heteroatoms. The third-order valence-electron chi connectivity index (χ3n) is 2.91. The molecule has 1 atom stereocenters. The summed E-state index contributed by atoms with van der Waals surface area (Å²) < 4.78 is 0. The predicted molar refractivity (Wildman–Crippen MR) is 77.4 cm³/mol. The number of hydrogen-bond donors (Lipinski definition) is 2. The summed E-state index contributed by atoms with van der Waals surface area (Å²) in [6.45, 7) is 2.02. The van der Waals surface area contributed by atoms with Gasteiger partial charge in [-0.3, -0.25) is 4.79 Å². The SMILES string of the molecule is Cc1ccc(CC(=O)[C@@H](N)Cc2cnc[nH]2)cc1.Cl. The van der Waals surface area contributed by atoms with Crippen molar-refractivity contribution in [2.45, 2.75) is 25.8 Å². The molecule has 4 nitrogen and oxygen atoms in total. The normalized spacial score (nSPS) is 11.7. The van der Waals surface area contributed by atoms with Gasteiger partial charge in [0.2, 0.25) is 0 Å². The van der Waals surface area contributed by atoms with Crippen molar-refractivity contribution < 1.29 is 4.79 Å². The molecule has 0 bridgehead atoms. The summed E-state index contributed by atoms with van der Waals surface area (Å²) in [5.41, 5.74) is 8.97. The van der Waals surface area contributed by atoms with Gasteiger partial charge in [-0.2, -0.15) is 0 Å². The zero-order valence-corrected chi connectivity index (χ0v) is 11.6. The van der Waals surface area contributed by atoms with Crippen LogP contribution in [0.2, 0.25) is 0 Å². The molecule has 0 saturated heterocycles. The lowest BCUT2D eigenvalue weighted by Crippen LogP contribution is -2.34. The van der Waals surface area contributed by atoms with Crippen LogP contribution >= 0.6 is 12.4 Å². The summed E-state index contributed by atoms with van der Waals surface area (Å²) in [6, 6.07) is 7.46. The van der Waals surface area contributed by atoms with Crippen molar-refractivity contribution in [2.75, 3.05) is 0 Å². The number of nitrogens with one attached hydrogen (secondary N) is 1. The standard InChI is InChI=1S/C14H17N3O.ClH/c1-10-2-4-11(5-3-10)6-14(18)13(15)7-12-8-16-9-17-12;/h2-5,8-9,13H,6-7,15H2,1H3,(H,16,17);1H/t13-;/m0./s1. The second-order valence-electron chi connectivity index (χ2n) is 4.52. The molecular weight excluding hydrogens is 262 g/mol. The van der Waals surface area contributed by atoms with Crippen LogP contribution in [-0.4, -0.2) is 21.8 Å². The molecule has 0 radical (unpaired) electrons. The molecule has 1 aromatic carbocycles. The average Bonchev–Trinajstić information content (AvgIpc) is 2.85. The number of aromatic nitrogens is 2. The number of benzene rings is 1. The molecule has 0 amide bonds. The van der Waals surface area contributed by atoms with Crippen molar-refractivity contribution in [1.82, 2.24) is 9.97 Å². The van der Waals surface area contributed by atoms with Crippen molar-refractivity contribution in [3.05, 3.63) is 53.6 Å². The fraction of sp³-hybridized carbons (Fsp3) is 0.286. The van der Waals surface area contributed by atoms with Gasteiger partial charge in [0.15, 0.2) is 5.78 Å². The Morgan fingerprint density at radius 3 is 2.63 bits per heavy atom. The second-order valence-corrected chi connectivity index (χ2v) is 4.52.